The van der Waals surface area contributed by atoms with E-state index in [9.17, 15) is 4.79 Å². The van der Waals surface area contributed by atoms with Gasteiger partial charge in [-0.1, -0.05) is 19.1 Å². The maximum absolute atomic E-state index is 12.3. The number of hydrogen-bond donors (Lipinski definition) is 1. The fourth-order valence-electron chi connectivity index (χ4n) is 2.47. The topological polar surface area (TPSA) is 60.7 Å². The molecule has 1 amide bonds. The molecule has 2 aromatic carbocycles. The third-order valence-corrected chi connectivity index (χ3v) is 3.92. The number of anilines is 1. The summed E-state index contributed by atoms with van der Waals surface area (Å²) in [5.41, 5.74) is 1.91. The second-order valence-electron chi connectivity index (χ2n) is 5.74. The Bertz CT molecular complexity index is 868. The molecule has 1 heterocycles. The first kappa shape index (κ1) is 17.6. The largest absolute Gasteiger partial charge is 0.497 e. The number of furan rings is 1. The molecule has 1 aromatic heterocycles. The molecule has 0 unspecified atom stereocenters. The first-order valence-corrected chi connectivity index (χ1v) is 8.44. The molecule has 3 aromatic rings. The standard InChI is InChI=1S/C21H21NO4/c1-3-15-5-4-6-16(13-15)22-21(23)20-12-11-19(26-20)14-25-18-9-7-17(24-2)8-10-18/h4-13H,3,14H2,1-2H3,(H,22,23). The third kappa shape index (κ3) is 4.45. The van der Waals surface area contributed by atoms with Crippen LogP contribution in [0.2, 0.25) is 0 Å². The van der Waals surface area contributed by atoms with Crippen molar-refractivity contribution >= 4 is 11.6 Å². The molecule has 0 bridgehead atoms. The lowest BCUT2D eigenvalue weighted by Crippen LogP contribution is -2.11. The van der Waals surface area contributed by atoms with Crippen molar-refractivity contribution in [2.24, 2.45) is 0 Å². The average molecular weight is 351 g/mol. The maximum atomic E-state index is 12.3. The van der Waals surface area contributed by atoms with Gasteiger partial charge in [-0.15, -0.1) is 0 Å². The molecule has 0 radical (unpaired) electrons. The van der Waals surface area contributed by atoms with Crippen LogP contribution in [-0.2, 0) is 13.0 Å². The summed E-state index contributed by atoms with van der Waals surface area (Å²) in [5.74, 6) is 2.01. The highest BCUT2D eigenvalue weighted by molar-refractivity contribution is 6.02. The number of nitrogens with one attached hydrogen (secondary N) is 1. The van der Waals surface area contributed by atoms with Gasteiger partial charge in [-0.2, -0.15) is 0 Å². The molecule has 3 rings (SSSR count). The molecule has 0 aliphatic rings. The Morgan fingerprint density at radius 1 is 1.04 bits per heavy atom. The number of ether oxygens (including phenoxy) is 2. The lowest BCUT2D eigenvalue weighted by molar-refractivity contribution is 0.0992. The van der Waals surface area contributed by atoms with Crippen LogP contribution in [0, 0.1) is 0 Å². The van der Waals surface area contributed by atoms with Gasteiger partial charge < -0.3 is 19.2 Å². The molecule has 5 heteroatoms. The zero-order chi connectivity index (χ0) is 18.4. The summed E-state index contributed by atoms with van der Waals surface area (Å²) >= 11 is 0. The van der Waals surface area contributed by atoms with E-state index in [4.69, 9.17) is 13.9 Å². The zero-order valence-corrected chi connectivity index (χ0v) is 14.8. The highest BCUT2D eigenvalue weighted by Gasteiger charge is 2.12. The minimum atomic E-state index is -0.283. The molecule has 134 valence electrons. The van der Waals surface area contributed by atoms with Crippen molar-refractivity contribution in [3.63, 3.8) is 0 Å². The minimum absolute atomic E-state index is 0.241. The monoisotopic (exact) mass is 351 g/mol. The summed E-state index contributed by atoms with van der Waals surface area (Å²) in [7, 11) is 1.61. The number of carbonyl (C=O) groups excluding carboxylic acids is 1. The van der Waals surface area contributed by atoms with E-state index in [0.29, 0.717) is 11.5 Å². The number of amides is 1. The van der Waals surface area contributed by atoms with Crippen molar-refractivity contribution in [3.8, 4) is 11.5 Å². The molecule has 0 atom stereocenters. The quantitative estimate of drug-likeness (QED) is 0.671. The summed E-state index contributed by atoms with van der Waals surface area (Å²) in [4.78, 5) is 12.3. The second-order valence-corrected chi connectivity index (χ2v) is 5.74. The lowest BCUT2D eigenvalue weighted by atomic mass is 10.1. The van der Waals surface area contributed by atoms with Crippen LogP contribution >= 0.6 is 0 Å². The SMILES string of the molecule is CCc1cccc(NC(=O)c2ccc(COc3ccc(OC)cc3)o2)c1. The third-order valence-electron chi connectivity index (χ3n) is 3.92. The lowest BCUT2D eigenvalue weighted by Gasteiger charge is -2.06. The van der Waals surface area contributed by atoms with E-state index in [0.717, 1.165) is 23.4 Å². The first-order valence-electron chi connectivity index (χ1n) is 8.44. The molecule has 26 heavy (non-hydrogen) atoms. The fourth-order valence-corrected chi connectivity index (χ4v) is 2.47. The molecular weight excluding hydrogens is 330 g/mol. The molecule has 0 saturated heterocycles. The van der Waals surface area contributed by atoms with Crippen molar-refractivity contribution in [2.75, 3.05) is 12.4 Å². The predicted molar refractivity (Wildman–Crippen MR) is 99.8 cm³/mol. The Morgan fingerprint density at radius 3 is 2.54 bits per heavy atom. The molecule has 0 spiro atoms. The Kier molecular flexibility index (Phi) is 5.59. The Labute approximate surface area is 152 Å². The van der Waals surface area contributed by atoms with Gasteiger partial charge in [0.2, 0.25) is 0 Å². The highest BCUT2D eigenvalue weighted by Crippen LogP contribution is 2.19. The van der Waals surface area contributed by atoms with Crippen molar-refractivity contribution in [1.29, 1.82) is 0 Å². The normalized spacial score (nSPS) is 10.4. The number of benzene rings is 2. The van der Waals surface area contributed by atoms with Gasteiger partial charge in [0.15, 0.2) is 5.76 Å². The zero-order valence-electron chi connectivity index (χ0n) is 14.8. The summed E-state index contributed by atoms with van der Waals surface area (Å²) in [6.07, 6.45) is 0.914. The Morgan fingerprint density at radius 2 is 1.81 bits per heavy atom. The maximum Gasteiger partial charge on any atom is 0.291 e. The fraction of sp³-hybridized carbons (Fsp3) is 0.190. The smallest absolute Gasteiger partial charge is 0.291 e. The van der Waals surface area contributed by atoms with Crippen LogP contribution in [0.5, 0.6) is 11.5 Å². The van der Waals surface area contributed by atoms with Gasteiger partial charge >= 0.3 is 0 Å². The van der Waals surface area contributed by atoms with Crippen LogP contribution in [0.4, 0.5) is 5.69 Å². The number of rotatable bonds is 7. The summed E-state index contributed by atoms with van der Waals surface area (Å²) < 4.78 is 16.3. The number of methoxy groups -OCH3 is 1. The van der Waals surface area contributed by atoms with Gasteiger partial charge in [0.05, 0.1) is 7.11 Å². The van der Waals surface area contributed by atoms with E-state index < -0.39 is 0 Å². The van der Waals surface area contributed by atoms with Crippen LogP contribution in [-0.4, -0.2) is 13.0 Å². The van der Waals surface area contributed by atoms with E-state index in [1.54, 1.807) is 19.2 Å². The van der Waals surface area contributed by atoms with Gasteiger partial charge in [-0.3, -0.25) is 4.79 Å². The molecule has 5 nitrogen and oxygen atoms in total. The first-order chi connectivity index (χ1) is 12.7. The minimum Gasteiger partial charge on any atom is -0.497 e. The molecule has 1 N–H and O–H groups in total. The second kappa shape index (κ2) is 8.25. The van der Waals surface area contributed by atoms with E-state index in [2.05, 4.69) is 12.2 Å². The molecule has 0 aliphatic carbocycles. The van der Waals surface area contributed by atoms with Gasteiger partial charge in [0.1, 0.15) is 23.9 Å². The molecule has 0 fully saturated rings. The molecule has 0 saturated carbocycles. The summed E-state index contributed by atoms with van der Waals surface area (Å²) in [6.45, 7) is 2.31. The van der Waals surface area contributed by atoms with Crippen LogP contribution < -0.4 is 14.8 Å². The van der Waals surface area contributed by atoms with Crippen LogP contribution in [0.1, 0.15) is 28.8 Å². The predicted octanol–water partition coefficient (Wildman–Crippen LogP) is 4.68. The van der Waals surface area contributed by atoms with E-state index in [-0.39, 0.29) is 18.3 Å². The number of aryl methyl sites for hydroxylation is 1. The van der Waals surface area contributed by atoms with Crippen LogP contribution in [0.15, 0.2) is 65.1 Å². The molecular formula is C21H21NO4. The van der Waals surface area contributed by atoms with Crippen molar-refractivity contribution < 1.29 is 18.7 Å². The highest BCUT2D eigenvalue weighted by atomic mass is 16.5. The number of carbonyl (C=O) groups is 1. The Balaban J connectivity index is 1.58. The summed E-state index contributed by atoms with van der Waals surface area (Å²) in [5, 5.41) is 2.85. The summed E-state index contributed by atoms with van der Waals surface area (Å²) in [6, 6.07) is 18.4. The van der Waals surface area contributed by atoms with E-state index in [1.807, 2.05) is 48.5 Å². The molecule has 0 aliphatic heterocycles. The van der Waals surface area contributed by atoms with Gasteiger partial charge in [0.25, 0.3) is 5.91 Å². The Hall–Kier alpha value is -3.21. The van der Waals surface area contributed by atoms with Crippen molar-refractivity contribution in [3.05, 3.63) is 77.7 Å². The van der Waals surface area contributed by atoms with Gasteiger partial charge in [-0.25, -0.2) is 0 Å². The van der Waals surface area contributed by atoms with Gasteiger partial charge in [-0.05, 0) is 60.5 Å². The van der Waals surface area contributed by atoms with Crippen LogP contribution in [0.3, 0.4) is 0 Å². The number of hydrogen-bond acceptors (Lipinski definition) is 4. The van der Waals surface area contributed by atoms with E-state index >= 15 is 0 Å². The van der Waals surface area contributed by atoms with Gasteiger partial charge in [0, 0.05) is 5.69 Å². The van der Waals surface area contributed by atoms with Crippen molar-refractivity contribution in [2.45, 2.75) is 20.0 Å². The van der Waals surface area contributed by atoms with Crippen LogP contribution in [0.25, 0.3) is 0 Å². The van der Waals surface area contributed by atoms with Crippen molar-refractivity contribution in [1.82, 2.24) is 0 Å². The van der Waals surface area contributed by atoms with E-state index in [1.165, 1.54) is 0 Å². The average Bonchev–Trinajstić information content (AvgIpc) is 3.16.